The zero-order chi connectivity index (χ0) is 29.3. The van der Waals surface area contributed by atoms with E-state index in [-0.39, 0.29) is 47.5 Å². The number of carbonyl (C=O) groups is 1. The van der Waals surface area contributed by atoms with Gasteiger partial charge in [0.05, 0.1) is 21.8 Å². The first-order chi connectivity index (χ1) is 19.5. The van der Waals surface area contributed by atoms with E-state index < -0.39 is 23.5 Å². The van der Waals surface area contributed by atoms with Crippen LogP contribution in [0.15, 0.2) is 69.9 Å². The van der Waals surface area contributed by atoms with Crippen molar-refractivity contribution in [2.75, 3.05) is 33.2 Å². The summed E-state index contributed by atoms with van der Waals surface area (Å²) >= 11 is 6.80. The number of ether oxygens (including phenoxy) is 1. The summed E-state index contributed by atoms with van der Waals surface area (Å²) < 4.78 is 51.1. The fourth-order valence-corrected chi connectivity index (χ4v) is 4.82. The molecule has 1 saturated heterocycles. The molecule has 1 aliphatic rings. The van der Waals surface area contributed by atoms with Crippen molar-refractivity contribution in [2.24, 2.45) is 0 Å². The minimum Gasteiger partial charge on any atom is -0.423 e. The van der Waals surface area contributed by atoms with Crippen LogP contribution in [0.4, 0.5) is 13.2 Å². The molecule has 1 aromatic heterocycles. The lowest BCUT2D eigenvalue weighted by Gasteiger charge is -2.33. The maximum absolute atomic E-state index is 13.5. The van der Waals surface area contributed by atoms with Gasteiger partial charge in [0.25, 0.3) is 0 Å². The first-order valence-corrected chi connectivity index (χ1v) is 13.2. The molecule has 1 fully saturated rings. The Labute approximate surface area is 262 Å². The van der Waals surface area contributed by atoms with Crippen LogP contribution in [-0.2, 0) is 12.7 Å². The van der Waals surface area contributed by atoms with E-state index in [0.29, 0.717) is 28.4 Å². The summed E-state index contributed by atoms with van der Waals surface area (Å²) in [5.41, 5.74) is 0.501. The van der Waals surface area contributed by atoms with E-state index in [1.165, 1.54) is 6.07 Å². The summed E-state index contributed by atoms with van der Waals surface area (Å²) in [5, 5.41) is 4.64. The number of alkyl halides is 3. The second-order valence-electron chi connectivity index (χ2n) is 9.82. The SMILES string of the molecule is Cc1cc(C(=O)Oc2ccccc2)c(-n2nc(-c3ccc(C(F)(F)F)cc3)oc2=O)c(CN2CCN(C)CC2)c1Cl.Cl.Cl. The number of para-hydroxylation sites is 1. The highest BCUT2D eigenvalue weighted by Gasteiger charge is 2.31. The van der Waals surface area contributed by atoms with Gasteiger partial charge in [0.15, 0.2) is 0 Å². The monoisotopic (exact) mass is 658 g/mol. The zero-order valence-corrected chi connectivity index (χ0v) is 25.4. The molecule has 230 valence electrons. The lowest BCUT2D eigenvalue weighted by Crippen LogP contribution is -2.44. The number of hydrogen-bond acceptors (Lipinski definition) is 7. The highest BCUT2D eigenvalue weighted by atomic mass is 35.5. The quantitative estimate of drug-likeness (QED) is 0.178. The summed E-state index contributed by atoms with van der Waals surface area (Å²) in [5.74, 6) is -1.59. The van der Waals surface area contributed by atoms with Gasteiger partial charge in [0.1, 0.15) is 5.75 Å². The van der Waals surface area contributed by atoms with E-state index in [4.69, 9.17) is 20.8 Å². The second kappa shape index (κ2) is 14.0. The van der Waals surface area contributed by atoms with Gasteiger partial charge in [-0.3, -0.25) is 4.90 Å². The summed E-state index contributed by atoms with van der Waals surface area (Å²) in [4.78, 5) is 31.0. The van der Waals surface area contributed by atoms with Gasteiger partial charge in [-0.05, 0) is 62.0 Å². The van der Waals surface area contributed by atoms with Gasteiger partial charge in [-0.15, -0.1) is 29.9 Å². The minimum absolute atomic E-state index is 0. The number of hydrogen-bond donors (Lipinski definition) is 0. The molecule has 0 spiro atoms. The van der Waals surface area contributed by atoms with Crippen molar-refractivity contribution in [1.29, 1.82) is 0 Å². The molecule has 1 aliphatic heterocycles. The van der Waals surface area contributed by atoms with Crippen molar-refractivity contribution in [2.45, 2.75) is 19.6 Å². The molecule has 0 radical (unpaired) electrons. The molecule has 0 amide bonds. The number of benzene rings is 3. The number of carbonyl (C=O) groups excluding carboxylic acids is 1. The van der Waals surface area contributed by atoms with Crippen LogP contribution < -0.4 is 10.5 Å². The Kier molecular flexibility index (Phi) is 11.1. The van der Waals surface area contributed by atoms with E-state index in [0.717, 1.165) is 55.1 Å². The lowest BCUT2D eigenvalue weighted by atomic mass is 10.0. The molecular formula is C29H28Cl3F3N4O4. The Morgan fingerprint density at radius 1 is 1.02 bits per heavy atom. The Morgan fingerprint density at radius 2 is 1.65 bits per heavy atom. The van der Waals surface area contributed by atoms with Crippen molar-refractivity contribution in [3.63, 3.8) is 0 Å². The molecule has 8 nitrogen and oxygen atoms in total. The van der Waals surface area contributed by atoms with Crippen LogP contribution >= 0.6 is 36.4 Å². The maximum Gasteiger partial charge on any atom is 0.442 e. The number of nitrogens with zero attached hydrogens (tertiary/aromatic N) is 4. The predicted octanol–water partition coefficient (Wildman–Crippen LogP) is 6.28. The number of halogens is 6. The van der Waals surface area contributed by atoms with E-state index in [2.05, 4.69) is 14.9 Å². The van der Waals surface area contributed by atoms with Crippen molar-refractivity contribution >= 4 is 42.4 Å². The van der Waals surface area contributed by atoms with Crippen LogP contribution in [-0.4, -0.2) is 58.8 Å². The number of esters is 1. The first kappa shape index (κ1) is 34.1. The Hall–Kier alpha value is -3.35. The molecule has 0 N–H and O–H groups in total. The van der Waals surface area contributed by atoms with Gasteiger partial charge in [0, 0.05) is 43.9 Å². The molecule has 0 unspecified atom stereocenters. The second-order valence-corrected chi connectivity index (χ2v) is 10.2. The first-order valence-electron chi connectivity index (χ1n) is 12.8. The molecule has 14 heteroatoms. The average Bonchev–Trinajstić information content (AvgIpc) is 3.33. The molecule has 43 heavy (non-hydrogen) atoms. The molecule has 0 saturated carbocycles. The van der Waals surface area contributed by atoms with Crippen LogP contribution in [0.1, 0.15) is 27.0 Å². The summed E-state index contributed by atoms with van der Waals surface area (Å²) in [6.07, 6.45) is -4.52. The largest absolute Gasteiger partial charge is 0.442 e. The normalized spacial score (nSPS) is 14.1. The van der Waals surface area contributed by atoms with Gasteiger partial charge in [0.2, 0.25) is 5.89 Å². The predicted molar refractivity (Wildman–Crippen MR) is 161 cm³/mol. The van der Waals surface area contributed by atoms with E-state index in [1.807, 2.05) is 7.05 Å². The molecule has 4 aromatic rings. The summed E-state index contributed by atoms with van der Waals surface area (Å²) in [6, 6.07) is 14.1. The fraction of sp³-hybridized carbons (Fsp3) is 0.276. The van der Waals surface area contributed by atoms with Gasteiger partial charge in [-0.25, -0.2) is 9.59 Å². The maximum atomic E-state index is 13.5. The highest BCUT2D eigenvalue weighted by molar-refractivity contribution is 6.32. The zero-order valence-electron chi connectivity index (χ0n) is 23.1. The Bertz CT molecular complexity index is 1620. The van der Waals surface area contributed by atoms with E-state index in [9.17, 15) is 22.8 Å². The summed E-state index contributed by atoms with van der Waals surface area (Å²) in [6.45, 7) is 5.17. The third-order valence-electron chi connectivity index (χ3n) is 6.88. The molecule has 0 aliphatic carbocycles. The topological polar surface area (TPSA) is 80.8 Å². The fourth-order valence-electron chi connectivity index (χ4n) is 4.61. The van der Waals surface area contributed by atoms with Gasteiger partial charge >= 0.3 is 17.9 Å². The third-order valence-corrected chi connectivity index (χ3v) is 7.41. The van der Waals surface area contributed by atoms with Gasteiger partial charge in [-0.2, -0.15) is 17.9 Å². The van der Waals surface area contributed by atoms with Crippen molar-refractivity contribution in [3.05, 3.63) is 98.5 Å². The van der Waals surface area contributed by atoms with Crippen LogP contribution in [0.2, 0.25) is 5.02 Å². The lowest BCUT2D eigenvalue weighted by molar-refractivity contribution is -0.137. The van der Waals surface area contributed by atoms with Crippen LogP contribution in [0, 0.1) is 6.92 Å². The summed E-state index contributed by atoms with van der Waals surface area (Å²) in [7, 11) is 2.03. The Balaban J connectivity index is 0.00000253. The molecule has 5 rings (SSSR count). The molecule has 0 bridgehead atoms. The number of likely N-dealkylation sites (N-methyl/N-ethyl adjacent to an activating group) is 1. The van der Waals surface area contributed by atoms with Gasteiger partial charge in [-0.1, -0.05) is 29.8 Å². The van der Waals surface area contributed by atoms with Crippen molar-refractivity contribution in [1.82, 2.24) is 19.6 Å². The molecule has 3 aromatic carbocycles. The van der Waals surface area contributed by atoms with Gasteiger partial charge < -0.3 is 14.1 Å². The molecule has 2 heterocycles. The van der Waals surface area contributed by atoms with Crippen molar-refractivity contribution in [3.8, 4) is 22.9 Å². The van der Waals surface area contributed by atoms with Crippen molar-refractivity contribution < 1.29 is 27.1 Å². The van der Waals surface area contributed by atoms with E-state index >= 15 is 0 Å². The molecule has 0 atom stereocenters. The smallest absolute Gasteiger partial charge is 0.423 e. The number of aryl methyl sites for hydroxylation is 1. The highest BCUT2D eigenvalue weighted by Crippen LogP contribution is 2.34. The van der Waals surface area contributed by atoms with Crippen LogP contribution in [0.5, 0.6) is 5.75 Å². The average molecular weight is 660 g/mol. The third kappa shape index (κ3) is 7.60. The minimum atomic E-state index is -4.52. The van der Waals surface area contributed by atoms with Crippen LogP contribution in [0.3, 0.4) is 0 Å². The number of piperazine rings is 1. The molecular weight excluding hydrogens is 632 g/mol. The Morgan fingerprint density at radius 3 is 2.26 bits per heavy atom. The van der Waals surface area contributed by atoms with E-state index in [1.54, 1.807) is 37.3 Å². The standard InChI is InChI=1S/C29H26ClF3N4O4.2ClH/c1-18-16-22(27(38)40-21-6-4-3-5-7-21)25(23(24(18)30)17-36-14-12-35(2)13-15-36)37-28(39)41-26(34-37)19-8-10-20(11-9-19)29(31,32)33;;/h3-11,16H,12-15,17H2,1-2H3;2*1H. The number of aromatic nitrogens is 2. The number of rotatable bonds is 6. The van der Waals surface area contributed by atoms with Crippen LogP contribution in [0.25, 0.3) is 17.1 Å².